The molecule has 0 aliphatic rings. The van der Waals surface area contributed by atoms with E-state index in [1.807, 2.05) is 0 Å². The van der Waals surface area contributed by atoms with Gasteiger partial charge in [-0.05, 0) is 12.1 Å². The van der Waals surface area contributed by atoms with Crippen LogP contribution in [0.25, 0.3) is 0 Å². The van der Waals surface area contributed by atoms with Crippen molar-refractivity contribution in [2.75, 3.05) is 7.11 Å². The third-order valence-corrected chi connectivity index (χ3v) is 4.23. The number of carbonyl (C=O) groups is 1. The van der Waals surface area contributed by atoms with Gasteiger partial charge in [-0.25, -0.2) is 8.42 Å². The predicted octanol–water partition coefficient (Wildman–Crippen LogP) is -0.923. The van der Waals surface area contributed by atoms with Gasteiger partial charge in [0, 0.05) is 0 Å². The van der Waals surface area contributed by atoms with Gasteiger partial charge in [0.05, 0.1) is 25.8 Å². The number of hydrogen-bond donors (Lipinski definition) is 0. The lowest BCUT2D eigenvalue weighted by atomic mass is 10.3. The number of hydrogen-bond acceptors (Lipinski definition) is 7. The quantitative estimate of drug-likeness (QED) is 0.632. The van der Waals surface area contributed by atoms with Crippen LogP contribution in [-0.2, 0) is 32.2 Å². The lowest BCUT2D eigenvalue weighted by Gasteiger charge is -2.09. The molecule has 0 bridgehead atoms. The largest absolute Gasteiger partial charge is 0.469 e. The molecule has 9 heteroatoms. The normalized spacial score (nSPS) is 13.4. The number of esters is 1. The van der Waals surface area contributed by atoms with Crippen molar-refractivity contribution in [2.45, 2.75) is 24.3 Å². The zero-order chi connectivity index (χ0) is 13.1. The minimum Gasteiger partial charge on any atom is -0.469 e. The number of nitrogens with zero attached hydrogens (tertiary/aromatic N) is 4. The molecule has 0 aliphatic heterocycles. The second-order valence-electron chi connectivity index (χ2n) is 3.59. The topological polar surface area (TPSA) is 104 Å². The Bertz CT molecular complexity index is 495. The summed E-state index contributed by atoms with van der Waals surface area (Å²) in [4.78, 5) is 12.2. The molecule has 1 heterocycles. The van der Waals surface area contributed by atoms with Crippen molar-refractivity contribution in [3.63, 3.8) is 0 Å². The van der Waals surface area contributed by atoms with Crippen LogP contribution in [0.2, 0.25) is 0 Å². The van der Waals surface area contributed by atoms with Crippen molar-refractivity contribution in [3.05, 3.63) is 5.82 Å². The number of tetrazole rings is 1. The van der Waals surface area contributed by atoms with E-state index in [0.29, 0.717) is 0 Å². The van der Waals surface area contributed by atoms with Gasteiger partial charge in [-0.15, -0.1) is 10.2 Å². The summed E-state index contributed by atoms with van der Waals surface area (Å²) in [6, 6.07) is 0. The average molecular weight is 262 g/mol. The van der Waals surface area contributed by atoms with Crippen molar-refractivity contribution in [3.8, 4) is 0 Å². The first-order valence-corrected chi connectivity index (χ1v) is 6.58. The highest BCUT2D eigenvalue weighted by atomic mass is 32.2. The van der Waals surface area contributed by atoms with E-state index in [1.54, 1.807) is 7.05 Å². The summed E-state index contributed by atoms with van der Waals surface area (Å²) in [5.41, 5.74) is 0. The maximum atomic E-state index is 11.8. The Balaban J connectivity index is 2.71. The fraction of sp³-hybridized carbons (Fsp3) is 0.750. The number of ether oxygens (including phenoxy) is 1. The molecule has 17 heavy (non-hydrogen) atoms. The van der Waals surface area contributed by atoms with Gasteiger partial charge in [-0.1, -0.05) is 0 Å². The van der Waals surface area contributed by atoms with Crippen LogP contribution in [0.4, 0.5) is 0 Å². The van der Waals surface area contributed by atoms with Crippen LogP contribution < -0.4 is 0 Å². The van der Waals surface area contributed by atoms with Crippen molar-refractivity contribution >= 4 is 15.8 Å². The van der Waals surface area contributed by atoms with E-state index in [1.165, 1.54) is 18.8 Å². The van der Waals surface area contributed by atoms with Gasteiger partial charge in [-0.3, -0.25) is 4.79 Å². The summed E-state index contributed by atoms with van der Waals surface area (Å²) in [7, 11) is -0.727. The van der Waals surface area contributed by atoms with Crippen molar-refractivity contribution in [1.29, 1.82) is 0 Å². The molecule has 0 amide bonds. The van der Waals surface area contributed by atoms with E-state index in [-0.39, 0.29) is 18.0 Å². The Kier molecular flexibility index (Phi) is 4.16. The Hall–Kier alpha value is -1.51. The first-order chi connectivity index (χ1) is 7.85. The monoisotopic (exact) mass is 262 g/mol. The number of carbonyl (C=O) groups excluding carboxylic acids is 1. The van der Waals surface area contributed by atoms with Gasteiger partial charge in [0.2, 0.25) is 0 Å². The van der Waals surface area contributed by atoms with Crippen LogP contribution in [-0.4, -0.2) is 47.0 Å². The highest BCUT2D eigenvalue weighted by Gasteiger charge is 2.26. The molecule has 96 valence electrons. The first kappa shape index (κ1) is 13.6. The molecule has 1 rings (SSSR count). The summed E-state index contributed by atoms with van der Waals surface area (Å²) in [5.74, 6) is -0.781. The zero-order valence-corrected chi connectivity index (χ0v) is 10.6. The van der Waals surface area contributed by atoms with E-state index >= 15 is 0 Å². The molecular weight excluding hydrogens is 248 g/mol. The molecule has 0 radical (unpaired) electrons. The van der Waals surface area contributed by atoms with Crippen molar-refractivity contribution in [1.82, 2.24) is 20.2 Å². The Labute approximate surface area is 98.9 Å². The zero-order valence-electron chi connectivity index (χ0n) is 9.82. The summed E-state index contributed by atoms with van der Waals surface area (Å²) in [6.07, 6.45) is -0.181. The van der Waals surface area contributed by atoms with E-state index in [2.05, 4.69) is 20.1 Å². The summed E-state index contributed by atoms with van der Waals surface area (Å²) in [6.45, 7) is 1.45. The minimum atomic E-state index is -3.48. The highest BCUT2D eigenvalue weighted by molar-refractivity contribution is 7.91. The number of sulfone groups is 1. The summed E-state index contributed by atoms with van der Waals surface area (Å²) in [5, 5.41) is 10.1. The Morgan fingerprint density at radius 2 is 2.18 bits per heavy atom. The maximum Gasteiger partial charge on any atom is 0.306 e. The molecule has 1 unspecified atom stereocenters. The second-order valence-corrected chi connectivity index (χ2v) is 6.01. The highest BCUT2D eigenvalue weighted by Crippen LogP contribution is 2.11. The molecule has 0 aromatic carbocycles. The van der Waals surface area contributed by atoms with Crippen LogP contribution in [0.15, 0.2) is 0 Å². The van der Waals surface area contributed by atoms with Gasteiger partial charge in [-0.2, -0.15) is 4.80 Å². The lowest BCUT2D eigenvalue weighted by molar-refractivity contribution is -0.140. The van der Waals surface area contributed by atoms with Gasteiger partial charge in [0.25, 0.3) is 0 Å². The number of aromatic nitrogens is 4. The first-order valence-electron chi connectivity index (χ1n) is 4.86. The van der Waals surface area contributed by atoms with Crippen LogP contribution in [0.1, 0.15) is 19.2 Å². The Morgan fingerprint density at radius 1 is 1.53 bits per heavy atom. The molecular formula is C8H14N4O4S. The van der Waals surface area contributed by atoms with E-state index < -0.39 is 21.1 Å². The lowest BCUT2D eigenvalue weighted by Crippen LogP contribution is -2.24. The molecule has 0 N–H and O–H groups in total. The Morgan fingerprint density at radius 3 is 2.65 bits per heavy atom. The predicted molar refractivity (Wildman–Crippen MR) is 57.5 cm³/mol. The fourth-order valence-corrected chi connectivity index (χ4v) is 2.30. The van der Waals surface area contributed by atoms with E-state index in [0.717, 1.165) is 0 Å². The smallest absolute Gasteiger partial charge is 0.306 e. The third kappa shape index (κ3) is 3.77. The summed E-state index contributed by atoms with van der Waals surface area (Å²) < 4.78 is 28.1. The van der Waals surface area contributed by atoms with Gasteiger partial charge < -0.3 is 4.74 Å². The van der Waals surface area contributed by atoms with Gasteiger partial charge in [0.15, 0.2) is 15.7 Å². The molecule has 0 saturated carbocycles. The molecule has 8 nitrogen and oxygen atoms in total. The summed E-state index contributed by atoms with van der Waals surface area (Å²) >= 11 is 0. The molecule has 1 aromatic rings. The molecule has 0 aliphatic carbocycles. The molecule has 1 atom stereocenters. The van der Waals surface area contributed by atoms with Crippen LogP contribution in [0.3, 0.4) is 0 Å². The van der Waals surface area contributed by atoms with E-state index in [4.69, 9.17) is 0 Å². The molecule has 0 spiro atoms. The van der Waals surface area contributed by atoms with E-state index in [9.17, 15) is 13.2 Å². The second kappa shape index (κ2) is 5.21. The maximum absolute atomic E-state index is 11.8. The molecule has 1 aromatic heterocycles. The fourth-order valence-electron chi connectivity index (χ4n) is 1.15. The van der Waals surface area contributed by atoms with Crippen LogP contribution >= 0.6 is 0 Å². The van der Waals surface area contributed by atoms with Crippen LogP contribution in [0, 0.1) is 0 Å². The number of rotatable bonds is 5. The minimum absolute atomic E-state index is 0.115. The van der Waals surface area contributed by atoms with Gasteiger partial charge >= 0.3 is 5.97 Å². The average Bonchev–Trinajstić information content (AvgIpc) is 2.62. The van der Waals surface area contributed by atoms with Crippen LogP contribution in [0.5, 0.6) is 0 Å². The van der Waals surface area contributed by atoms with Crippen molar-refractivity contribution in [2.24, 2.45) is 7.05 Å². The standard InChI is InChI=1S/C8H14N4O4S/c1-6(4-8(13)16-3)17(14,15)5-7-9-11-12(2)10-7/h6H,4-5H2,1-3H3. The number of aryl methyl sites for hydroxylation is 1. The van der Waals surface area contributed by atoms with Gasteiger partial charge in [0.1, 0.15) is 5.75 Å². The number of methoxy groups -OCH3 is 1. The SMILES string of the molecule is COC(=O)CC(C)S(=O)(=O)Cc1nnn(C)n1. The molecule has 0 saturated heterocycles. The van der Waals surface area contributed by atoms with Crippen molar-refractivity contribution < 1.29 is 17.9 Å². The molecule has 0 fully saturated rings. The third-order valence-electron chi connectivity index (χ3n) is 2.17.